The molecule has 2 rings (SSSR count). The number of oxime groups is 1. The van der Waals surface area contributed by atoms with E-state index in [9.17, 15) is 0 Å². The molecule has 0 spiro atoms. The molecule has 3 N–H and O–H groups in total. The predicted octanol–water partition coefficient (Wildman–Crippen LogP) is 1.73. The lowest BCUT2D eigenvalue weighted by atomic mass is 10.2. The molecule has 0 amide bonds. The average molecular weight is 250 g/mol. The van der Waals surface area contributed by atoms with Crippen LogP contribution in [0.25, 0.3) is 0 Å². The monoisotopic (exact) mass is 250 g/mol. The molecule has 1 aliphatic heterocycles. The summed E-state index contributed by atoms with van der Waals surface area (Å²) in [4.78, 5) is 0. The van der Waals surface area contributed by atoms with Crippen molar-refractivity contribution >= 4 is 5.84 Å². The summed E-state index contributed by atoms with van der Waals surface area (Å²) < 4.78 is 11.3. The lowest BCUT2D eigenvalue weighted by molar-refractivity contribution is 0.0264. The van der Waals surface area contributed by atoms with Crippen LogP contribution in [-0.2, 0) is 4.74 Å². The summed E-state index contributed by atoms with van der Waals surface area (Å²) in [5.74, 6) is 0.849. The average Bonchev–Trinajstić information content (AvgIpc) is 2.82. The van der Waals surface area contributed by atoms with Crippen LogP contribution in [0.1, 0.15) is 25.3 Å². The van der Waals surface area contributed by atoms with Gasteiger partial charge in [0.2, 0.25) is 0 Å². The Kier molecular flexibility index (Phi) is 4.04. The van der Waals surface area contributed by atoms with E-state index >= 15 is 0 Å². The van der Waals surface area contributed by atoms with Crippen LogP contribution in [-0.4, -0.2) is 29.9 Å². The van der Waals surface area contributed by atoms with Crippen LogP contribution in [0.5, 0.6) is 5.75 Å². The molecule has 2 unspecified atom stereocenters. The van der Waals surface area contributed by atoms with Gasteiger partial charge in [0.15, 0.2) is 5.84 Å². The highest BCUT2D eigenvalue weighted by atomic mass is 16.5. The number of nitrogens with zero attached hydrogens (tertiary/aromatic N) is 1. The summed E-state index contributed by atoms with van der Waals surface area (Å²) in [6, 6.07) is 7.10. The Balaban J connectivity index is 1.87. The number of benzene rings is 1. The Morgan fingerprint density at radius 2 is 2.17 bits per heavy atom. The molecule has 1 heterocycles. The van der Waals surface area contributed by atoms with Gasteiger partial charge < -0.3 is 20.4 Å². The lowest BCUT2D eigenvalue weighted by Gasteiger charge is -2.12. The highest BCUT2D eigenvalue weighted by Crippen LogP contribution is 2.20. The molecule has 0 aliphatic carbocycles. The van der Waals surface area contributed by atoms with Crippen molar-refractivity contribution in [3.05, 3.63) is 29.8 Å². The van der Waals surface area contributed by atoms with E-state index in [0.717, 1.165) is 18.6 Å². The van der Waals surface area contributed by atoms with Crippen LogP contribution < -0.4 is 10.5 Å². The van der Waals surface area contributed by atoms with E-state index in [1.807, 2.05) is 0 Å². The highest BCUT2D eigenvalue weighted by Gasteiger charge is 2.22. The fourth-order valence-corrected chi connectivity index (χ4v) is 1.98. The van der Waals surface area contributed by atoms with Crippen molar-refractivity contribution < 1.29 is 14.7 Å². The van der Waals surface area contributed by atoms with Crippen LogP contribution in [0.3, 0.4) is 0 Å². The van der Waals surface area contributed by atoms with E-state index in [1.54, 1.807) is 24.3 Å². The molecule has 5 nitrogen and oxygen atoms in total. The van der Waals surface area contributed by atoms with Crippen molar-refractivity contribution in [2.45, 2.75) is 32.0 Å². The number of hydrogen-bond acceptors (Lipinski definition) is 4. The van der Waals surface area contributed by atoms with Gasteiger partial charge in [0.25, 0.3) is 0 Å². The van der Waals surface area contributed by atoms with Gasteiger partial charge in [-0.15, -0.1) is 0 Å². The molecule has 1 aromatic carbocycles. The molecule has 0 radical (unpaired) electrons. The summed E-state index contributed by atoms with van der Waals surface area (Å²) in [6.45, 7) is 2.64. The number of ether oxygens (including phenoxy) is 2. The largest absolute Gasteiger partial charge is 0.491 e. The molecule has 1 saturated heterocycles. The molecule has 1 fully saturated rings. The Bertz CT molecular complexity index is 417. The van der Waals surface area contributed by atoms with E-state index in [0.29, 0.717) is 18.3 Å². The minimum Gasteiger partial charge on any atom is -0.491 e. The first-order valence-electron chi connectivity index (χ1n) is 6.05. The van der Waals surface area contributed by atoms with E-state index in [2.05, 4.69) is 12.1 Å². The molecule has 5 heteroatoms. The zero-order valence-corrected chi connectivity index (χ0v) is 10.4. The maximum absolute atomic E-state index is 8.54. The van der Waals surface area contributed by atoms with Crippen molar-refractivity contribution in [3.8, 4) is 5.75 Å². The molecule has 1 aliphatic rings. The van der Waals surface area contributed by atoms with Gasteiger partial charge in [-0.1, -0.05) is 5.16 Å². The van der Waals surface area contributed by atoms with Gasteiger partial charge in [-0.25, -0.2) is 0 Å². The van der Waals surface area contributed by atoms with Crippen LogP contribution in [0.2, 0.25) is 0 Å². The number of nitrogens with two attached hydrogens (primary N) is 1. The van der Waals surface area contributed by atoms with Gasteiger partial charge >= 0.3 is 0 Å². The van der Waals surface area contributed by atoms with Gasteiger partial charge in [0.05, 0.1) is 12.2 Å². The van der Waals surface area contributed by atoms with Crippen LogP contribution in [0, 0.1) is 0 Å². The minimum absolute atomic E-state index is 0.0921. The third kappa shape index (κ3) is 3.13. The molecule has 0 bridgehead atoms. The number of amidine groups is 1. The Morgan fingerprint density at radius 1 is 1.44 bits per heavy atom. The van der Waals surface area contributed by atoms with E-state index in [-0.39, 0.29) is 11.9 Å². The summed E-state index contributed by atoms with van der Waals surface area (Å²) in [5, 5.41) is 11.5. The van der Waals surface area contributed by atoms with Crippen LogP contribution >= 0.6 is 0 Å². The maximum Gasteiger partial charge on any atom is 0.170 e. The van der Waals surface area contributed by atoms with E-state index in [1.165, 1.54) is 0 Å². The molecule has 0 aromatic heterocycles. The standard InChI is InChI=1S/C13H18N2O3/c1-9-2-5-12(18-9)8-17-11-6-3-10(4-7-11)13(14)15-16/h3-4,6-7,9,12,16H,2,5,8H2,1H3,(H2,14,15). The first-order chi connectivity index (χ1) is 8.69. The van der Waals surface area contributed by atoms with Crippen LogP contribution in [0.4, 0.5) is 0 Å². The van der Waals surface area contributed by atoms with Gasteiger partial charge in [0, 0.05) is 5.56 Å². The second-order valence-corrected chi connectivity index (χ2v) is 4.47. The maximum atomic E-state index is 8.54. The van der Waals surface area contributed by atoms with E-state index in [4.69, 9.17) is 20.4 Å². The third-order valence-electron chi connectivity index (χ3n) is 3.01. The summed E-state index contributed by atoms with van der Waals surface area (Å²) in [6.07, 6.45) is 2.66. The predicted molar refractivity (Wildman–Crippen MR) is 68.0 cm³/mol. The Morgan fingerprint density at radius 3 is 2.72 bits per heavy atom. The topological polar surface area (TPSA) is 77.1 Å². The lowest BCUT2D eigenvalue weighted by Crippen LogP contribution is -2.18. The third-order valence-corrected chi connectivity index (χ3v) is 3.01. The fourth-order valence-electron chi connectivity index (χ4n) is 1.98. The molecular weight excluding hydrogens is 232 g/mol. The van der Waals surface area contributed by atoms with E-state index < -0.39 is 0 Å². The number of hydrogen-bond donors (Lipinski definition) is 2. The molecule has 18 heavy (non-hydrogen) atoms. The fraction of sp³-hybridized carbons (Fsp3) is 0.462. The zero-order valence-electron chi connectivity index (χ0n) is 10.4. The van der Waals surface area contributed by atoms with Gasteiger partial charge in [0.1, 0.15) is 12.4 Å². The zero-order chi connectivity index (χ0) is 13.0. The minimum atomic E-state index is 0.0921. The first kappa shape index (κ1) is 12.7. The van der Waals surface area contributed by atoms with Crippen molar-refractivity contribution in [2.24, 2.45) is 10.9 Å². The van der Waals surface area contributed by atoms with Crippen LogP contribution in [0.15, 0.2) is 29.4 Å². The van der Waals surface area contributed by atoms with Gasteiger partial charge in [-0.2, -0.15) is 0 Å². The quantitative estimate of drug-likeness (QED) is 0.369. The van der Waals surface area contributed by atoms with Crippen molar-refractivity contribution in [1.82, 2.24) is 0 Å². The number of rotatable bonds is 4. The Hall–Kier alpha value is -1.75. The summed E-state index contributed by atoms with van der Waals surface area (Å²) >= 11 is 0. The second kappa shape index (κ2) is 5.73. The highest BCUT2D eigenvalue weighted by molar-refractivity contribution is 5.97. The van der Waals surface area contributed by atoms with Crippen molar-refractivity contribution in [1.29, 1.82) is 0 Å². The van der Waals surface area contributed by atoms with Crippen molar-refractivity contribution in [3.63, 3.8) is 0 Å². The molecule has 98 valence electrons. The molecule has 2 atom stereocenters. The Labute approximate surface area is 106 Å². The normalized spacial score (nSPS) is 24.2. The SMILES string of the molecule is CC1CCC(COc2ccc(/C(N)=N/O)cc2)O1. The van der Waals surface area contributed by atoms with Gasteiger partial charge in [-0.3, -0.25) is 0 Å². The first-order valence-corrected chi connectivity index (χ1v) is 6.05. The molecule has 1 aromatic rings. The molecular formula is C13H18N2O3. The molecule has 0 saturated carbocycles. The smallest absolute Gasteiger partial charge is 0.170 e. The second-order valence-electron chi connectivity index (χ2n) is 4.47. The van der Waals surface area contributed by atoms with Crippen molar-refractivity contribution in [2.75, 3.05) is 6.61 Å². The summed E-state index contributed by atoms with van der Waals surface area (Å²) in [7, 11) is 0. The van der Waals surface area contributed by atoms with Gasteiger partial charge in [-0.05, 0) is 44.0 Å². The summed E-state index contributed by atoms with van der Waals surface area (Å²) in [5.41, 5.74) is 6.13.